The molecule has 0 N–H and O–H groups in total. The van der Waals surface area contributed by atoms with Gasteiger partial charge in [0.15, 0.2) is 0 Å². The van der Waals surface area contributed by atoms with Crippen molar-refractivity contribution in [2.45, 2.75) is 71.3 Å². The van der Waals surface area contributed by atoms with Crippen LogP contribution in [0.3, 0.4) is 0 Å². The Balaban J connectivity index is 2.22. The first-order valence-electron chi connectivity index (χ1n) is 6.47. The fraction of sp³-hybridized carbons (Fsp3) is 0.923. The van der Waals surface area contributed by atoms with Crippen molar-refractivity contribution >= 4 is 5.97 Å². The molecular weight excluding hydrogens is 188 g/mol. The van der Waals surface area contributed by atoms with E-state index in [2.05, 4.69) is 13.8 Å². The number of carbonyl (C=O) groups is 1. The van der Waals surface area contributed by atoms with E-state index in [0.29, 0.717) is 12.3 Å². The lowest BCUT2D eigenvalue weighted by molar-refractivity contribution is -0.141. The number of hydrogen-bond donors (Lipinski definition) is 0. The smallest absolute Gasteiger partial charge is 0.306 e. The van der Waals surface area contributed by atoms with Crippen LogP contribution in [-0.2, 0) is 9.53 Å². The highest BCUT2D eigenvalue weighted by atomic mass is 16.5. The minimum absolute atomic E-state index is 0.0222. The highest BCUT2D eigenvalue weighted by molar-refractivity contribution is 5.72. The van der Waals surface area contributed by atoms with Crippen LogP contribution in [0.1, 0.15) is 65.2 Å². The average Bonchev–Trinajstić information content (AvgIpc) is 2.55. The number of cyclic esters (lactones) is 1. The van der Waals surface area contributed by atoms with Crippen molar-refractivity contribution in [3.05, 3.63) is 0 Å². The Hall–Kier alpha value is -0.530. The molecule has 0 spiro atoms. The fourth-order valence-corrected chi connectivity index (χ4v) is 2.36. The van der Waals surface area contributed by atoms with Crippen LogP contribution in [0.5, 0.6) is 0 Å². The second-order valence-corrected chi connectivity index (χ2v) is 4.63. The van der Waals surface area contributed by atoms with Crippen molar-refractivity contribution in [1.29, 1.82) is 0 Å². The summed E-state index contributed by atoms with van der Waals surface area (Å²) in [6, 6.07) is 0. The zero-order valence-corrected chi connectivity index (χ0v) is 10.1. The molecule has 0 aromatic heterocycles. The first-order valence-corrected chi connectivity index (χ1v) is 6.47. The summed E-state index contributed by atoms with van der Waals surface area (Å²) in [4.78, 5) is 11.2. The van der Waals surface area contributed by atoms with Crippen LogP contribution in [0.2, 0.25) is 0 Å². The third kappa shape index (κ3) is 4.23. The Morgan fingerprint density at radius 3 is 2.60 bits per heavy atom. The van der Waals surface area contributed by atoms with Crippen molar-refractivity contribution < 1.29 is 9.53 Å². The van der Waals surface area contributed by atoms with Crippen molar-refractivity contribution in [1.82, 2.24) is 0 Å². The molecule has 88 valence electrons. The lowest BCUT2D eigenvalue weighted by atomic mass is 9.92. The molecule has 0 unspecified atom stereocenters. The molecule has 1 aliphatic heterocycles. The summed E-state index contributed by atoms with van der Waals surface area (Å²) in [5.41, 5.74) is 0. The first-order chi connectivity index (χ1) is 7.27. The van der Waals surface area contributed by atoms with E-state index in [1.807, 2.05) is 0 Å². The SMILES string of the molecule is CCCCCC[C@H]1CC(=O)O[C@@H]1CCC. The Morgan fingerprint density at radius 1 is 1.13 bits per heavy atom. The van der Waals surface area contributed by atoms with Crippen LogP contribution in [0, 0.1) is 5.92 Å². The molecule has 1 heterocycles. The summed E-state index contributed by atoms with van der Waals surface area (Å²) >= 11 is 0. The Labute approximate surface area is 93.4 Å². The van der Waals surface area contributed by atoms with Gasteiger partial charge in [0.1, 0.15) is 6.10 Å². The van der Waals surface area contributed by atoms with Gasteiger partial charge in [-0.1, -0.05) is 46.0 Å². The van der Waals surface area contributed by atoms with Gasteiger partial charge < -0.3 is 4.74 Å². The molecule has 0 aromatic rings. The summed E-state index contributed by atoms with van der Waals surface area (Å²) < 4.78 is 5.33. The topological polar surface area (TPSA) is 26.3 Å². The van der Waals surface area contributed by atoms with Gasteiger partial charge in [0.25, 0.3) is 0 Å². The number of unbranched alkanes of at least 4 members (excludes halogenated alkanes) is 3. The largest absolute Gasteiger partial charge is 0.462 e. The Kier molecular flexibility index (Phi) is 5.74. The number of hydrogen-bond acceptors (Lipinski definition) is 2. The average molecular weight is 212 g/mol. The molecule has 1 saturated heterocycles. The second-order valence-electron chi connectivity index (χ2n) is 4.63. The van der Waals surface area contributed by atoms with E-state index in [1.165, 1.54) is 32.1 Å². The normalized spacial score (nSPS) is 25.6. The van der Waals surface area contributed by atoms with E-state index in [-0.39, 0.29) is 12.1 Å². The van der Waals surface area contributed by atoms with E-state index in [9.17, 15) is 4.79 Å². The molecule has 1 rings (SSSR count). The number of carbonyl (C=O) groups excluding carboxylic acids is 1. The van der Waals surface area contributed by atoms with E-state index >= 15 is 0 Å². The minimum atomic E-state index is 0.0222. The van der Waals surface area contributed by atoms with Gasteiger partial charge in [-0.25, -0.2) is 0 Å². The molecule has 1 fully saturated rings. The maximum absolute atomic E-state index is 11.2. The van der Waals surface area contributed by atoms with Gasteiger partial charge in [-0.3, -0.25) is 4.79 Å². The highest BCUT2D eigenvalue weighted by Gasteiger charge is 2.33. The molecule has 2 atom stereocenters. The van der Waals surface area contributed by atoms with Gasteiger partial charge in [0, 0.05) is 5.92 Å². The summed E-state index contributed by atoms with van der Waals surface area (Å²) in [6.07, 6.45) is 9.39. The van der Waals surface area contributed by atoms with Crippen LogP contribution in [0.25, 0.3) is 0 Å². The highest BCUT2D eigenvalue weighted by Crippen LogP contribution is 2.30. The van der Waals surface area contributed by atoms with Crippen LogP contribution in [0.4, 0.5) is 0 Å². The molecule has 0 radical (unpaired) electrons. The van der Waals surface area contributed by atoms with Gasteiger partial charge in [0.2, 0.25) is 0 Å². The van der Waals surface area contributed by atoms with Crippen molar-refractivity contribution in [2.24, 2.45) is 5.92 Å². The molecule has 0 saturated carbocycles. The molecule has 1 aliphatic rings. The first kappa shape index (κ1) is 12.5. The minimum Gasteiger partial charge on any atom is -0.462 e. The molecular formula is C13H24O2. The number of ether oxygens (including phenoxy) is 1. The van der Waals surface area contributed by atoms with Gasteiger partial charge in [-0.15, -0.1) is 0 Å². The summed E-state index contributed by atoms with van der Waals surface area (Å²) in [5, 5.41) is 0. The molecule has 0 bridgehead atoms. The Morgan fingerprint density at radius 2 is 1.93 bits per heavy atom. The molecule has 15 heavy (non-hydrogen) atoms. The second kappa shape index (κ2) is 6.86. The predicted molar refractivity (Wildman–Crippen MR) is 61.7 cm³/mol. The van der Waals surface area contributed by atoms with E-state index in [1.54, 1.807) is 0 Å². The third-order valence-electron chi connectivity index (χ3n) is 3.24. The quantitative estimate of drug-likeness (QED) is 0.475. The zero-order chi connectivity index (χ0) is 11.1. The van der Waals surface area contributed by atoms with Gasteiger partial charge in [0.05, 0.1) is 6.42 Å². The van der Waals surface area contributed by atoms with E-state index in [0.717, 1.165) is 12.8 Å². The van der Waals surface area contributed by atoms with E-state index in [4.69, 9.17) is 4.74 Å². The van der Waals surface area contributed by atoms with Crippen molar-refractivity contribution in [3.8, 4) is 0 Å². The van der Waals surface area contributed by atoms with Crippen molar-refractivity contribution in [3.63, 3.8) is 0 Å². The maximum atomic E-state index is 11.2. The molecule has 2 nitrogen and oxygen atoms in total. The lowest BCUT2D eigenvalue weighted by Gasteiger charge is -2.16. The summed E-state index contributed by atoms with van der Waals surface area (Å²) in [5.74, 6) is 0.531. The van der Waals surface area contributed by atoms with Crippen LogP contribution < -0.4 is 0 Å². The van der Waals surface area contributed by atoms with Crippen LogP contribution in [-0.4, -0.2) is 12.1 Å². The van der Waals surface area contributed by atoms with E-state index < -0.39 is 0 Å². The van der Waals surface area contributed by atoms with Gasteiger partial charge in [-0.05, 0) is 12.8 Å². The summed E-state index contributed by atoms with van der Waals surface area (Å²) in [6.45, 7) is 4.38. The Bertz CT molecular complexity index is 189. The standard InChI is InChI=1S/C13H24O2/c1-3-5-6-7-9-11-10-13(14)15-12(11)8-4-2/h11-12H,3-10H2,1-2H3/t11-,12+/m0/s1. The number of esters is 1. The predicted octanol–water partition coefficient (Wildman–Crippen LogP) is 3.69. The zero-order valence-electron chi connectivity index (χ0n) is 10.1. The number of rotatable bonds is 7. The molecule has 0 amide bonds. The van der Waals surface area contributed by atoms with Gasteiger partial charge in [-0.2, -0.15) is 0 Å². The van der Waals surface area contributed by atoms with Crippen molar-refractivity contribution in [2.75, 3.05) is 0 Å². The maximum Gasteiger partial charge on any atom is 0.306 e. The van der Waals surface area contributed by atoms with Crippen LogP contribution in [0.15, 0.2) is 0 Å². The lowest BCUT2D eigenvalue weighted by Crippen LogP contribution is -2.15. The molecule has 0 aromatic carbocycles. The third-order valence-corrected chi connectivity index (χ3v) is 3.24. The molecule has 0 aliphatic carbocycles. The monoisotopic (exact) mass is 212 g/mol. The molecule has 2 heteroatoms. The summed E-state index contributed by atoms with van der Waals surface area (Å²) in [7, 11) is 0. The fourth-order valence-electron chi connectivity index (χ4n) is 2.36. The van der Waals surface area contributed by atoms with Crippen LogP contribution >= 0.6 is 0 Å². The van der Waals surface area contributed by atoms with Gasteiger partial charge >= 0.3 is 5.97 Å².